The molecule has 0 saturated heterocycles. The van der Waals surface area contributed by atoms with Gasteiger partial charge in [0.15, 0.2) is 0 Å². The van der Waals surface area contributed by atoms with Gasteiger partial charge in [-0.15, -0.1) is 23.5 Å². The van der Waals surface area contributed by atoms with Crippen LogP contribution in [0.4, 0.5) is 14.4 Å². The number of rotatable bonds is 14. The zero-order valence-corrected chi connectivity index (χ0v) is 27.8. The molecule has 0 unspecified atom stereocenters. The van der Waals surface area contributed by atoms with Gasteiger partial charge in [0, 0.05) is 54.3 Å². The molecule has 0 aliphatic carbocycles. The van der Waals surface area contributed by atoms with Crippen LogP contribution in [0.2, 0.25) is 0 Å². The minimum absolute atomic E-state index is 0.355. The van der Waals surface area contributed by atoms with Gasteiger partial charge in [-0.2, -0.15) is 0 Å². The molecule has 0 aliphatic rings. The van der Waals surface area contributed by atoms with Gasteiger partial charge < -0.3 is 35.9 Å². The summed E-state index contributed by atoms with van der Waals surface area (Å²) < 4.78 is 15.4. The van der Waals surface area contributed by atoms with Crippen molar-refractivity contribution in [1.82, 2.24) is 16.0 Å². The molecule has 0 bridgehead atoms. The molecule has 14 heteroatoms. The maximum atomic E-state index is 11.4. The molecule has 0 aromatic carbocycles. The molecule has 38 heavy (non-hydrogen) atoms. The van der Waals surface area contributed by atoms with E-state index < -0.39 is 16.8 Å². The fourth-order valence-corrected chi connectivity index (χ4v) is 5.60. The second-order valence-electron chi connectivity index (χ2n) is 10.7. The van der Waals surface area contributed by atoms with Crippen LogP contribution in [-0.4, -0.2) is 89.4 Å². The van der Waals surface area contributed by atoms with Crippen LogP contribution >= 0.6 is 45.1 Å². The van der Waals surface area contributed by atoms with E-state index in [2.05, 4.69) is 16.0 Å². The lowest BCUT2D eigenvalue weighted by molar-refractivity contribution is 0.0519. The topological polar surface area (TPSA) is 141 Å². The summed E-state index contributed by atoms with van der Waals surface area (Å²) in [6.45, 7) is 19.0. The molecular weight excluding hydrogens is 569 g/mol. The SMILES string of the molecule is CC(C)(C)OC(=O)NCCSCSCCNC(=O)OC(C)(C)C.CC(C)(C)OC(=O)NCCSSCCN. The number of ether oxygens (including phenoxy) is 3. The van der Waals surface area contributed by atoms with Crippen molar-refractivity contribution in [3.63, 3.8) is 0 Å². The van der Waals surface area contributed by atoms with Crippen LogP contribution in [0.1, 0.15) is 62.3 Å². The normalized spacial score (nSPS) is 11.5. The molecule has 5 N–H and O–H groups in total. The van der Waals surface area contributed by atoms with Crippen LogP contribution in [-0.2, 0) is 14.2 Å². The third kappa shape index (κ3) is 35.2. The summed E-state index contributed by atoms with van der Waals surface area (Å²) in [5.74, 6) is 3.46. The molecule has 0 aromatic heterocycles. The number of hydrogen-bond donors (Lipinski definition) is 4. The highest BCUT2D eigenvalue weighted by molar-refractivity contribution is 8.76. The Morgan fingerprint density at radius 1 is 0.579 bits per heavy atom. The Bertz CT molecular complexity index is 619. The first-order valence-corrected chi connectivity index (χ1v) is 17.3. The van der Waals surface area contributed by atoms with Crippen molar-refractivity contribution in [2.45, 2.75) is 79.1 Å². The van der Waals surface area contributed by atoms with Crippen LogP contribution in [0.25, 0.3) is 0 Å². The lowest BCUT2D eigenvalue weighted by Gasteiger charge is -2.19. The summed E-state index contributed by atoms with van der Waals surface area (Å²) in [5.41, 5.74) is 3.98. The number of carbonyl (C=O) groups excluding carboxylic acids is 3. The highest BCUT2D eigenvalue weighted by Crippen LogP contribution is 2.19. The molecule has 10 nitrogen and oxygen atoms in total. The number of hydrogen-bond acceptors (Lipinski definition) is 11. The molecule has 0 aromatic rings. The number of nitrogens with two attached hydrogens (primary N) is 1. The van der Waals surface area contributed by atoms with Gasteiger partial charge in [0.05, 0.1) is 0 Å². The van der Waals surface area contributed by atoms with E-state index in [0.29, 0.717) is 26.2 Å². The number of nitrogens with one attached hydrogen (secondary N) is 3. The molecule has 0 spiro atoms. The van der Waals surface area contributed by atoms with Crippen LogP contribution in [0.15, 0.2) is 0 Å². The van der Waals surface area contributed by atoms with Crippen LogP contribution in [0.3, 0.4) is 0 Å². The average Bonchev–Trinajstić information content (AvgIpc) is 2.71. The molecule has 0 aliphatic heterocycles. The van der Waals surface area contributed by atoms with E-state index >= 15 is 0 Å². The fourth-order valence-electron chi connectivity index (χ4n) is 1.93. The Morgan fingerprint density at radius 2 is 0.895 bits per heavy atom. The Kier molecular flexibility index (Phi) is 22.7. The third-order valence-electron chi connectivity index (χ3n) is 3.13. The molecule has 3 amide bonds. The number of alkyl carbamates (subject to hydrolysis) is 3. The Balaban J connectivity index is 0. The molecule has 0 fully saturated rings. The second-order valence-corrected chi connectivity index (χ2v) is 15.9. The van der Waals surface area contributed by atoms with Crippen molar-refractivity contribution in [1.29, 1.82) is 0 Å². The van der Waals surface area contributed by atoms with E-state index in [1.807, 2.05) is 62.3 Å². The van der Waals surface area contributed by atoms with Gasteiger partial charge in [0.1, 0.15) is 16.8 Å². The minimum atomic E-state index is -0.464. The quantitative estimate of drug-likeness (QED) is 0.0871. The average molecular weight is 619 g/mol. The molecule has 0 radical (unpaired) electrons. The lowest BCUT2D eigenvalue weighted by atomic mass is 10.2. The largest absolute Gasteiger partial charge is 0.444 e. The fraction of sp³-hybridized carbons (Fsp3) is 0.875. The van der Waals surface area contributed by atoms with Crippen molar-refractivity contribution in [2.75, 3.05) is 54.3 Å². The maximum Gasteiger partial charge on any atom is 0.407 e. The smallest absolute Gasteiger partial charge is 0.407 e. The van der Waals surface area contributed by atoms with Crippen LogP contribution < -0.4 is 21.7 Å². The van der Waals surface area contributed by atoms with Crippen LogP contribution in [0.5, 0.6) is 0 Å². The van der Waals surface area contributed by atoms with E-state index in [1.165, 1.54) is 0 Å². The highest BCUT2D eigenvalue weighted by Gasteiger charge is 2.17. The molecule has 0 saturated carbocycles. The second kappa shape index (κ2) is 21.9. The molecule has 0 rings (SSSR count). The summed E-state index contributed by atoms with van der Waals surface area (Å²) in [4.78, 5) is 34.0. The summed E-state index contributed by atoms with van der Waals surface area (Å²) in [5, 5.41) is 9.02. The lowest BCUT2D eigenvalue weighted by Crippen LogP contribution is -2.33. The zero-order valence-electron chi connectivity index (χ0n) is 24.5. The summed E-state index contributed by atoms with van der Waals surface area (Å²) in [7, 11) is 3.42. The number of thioether (sulfide) groups is 2. The Hall–Kier alpha value is -0.830. The molecule has 0 atom stereocenters. The van der Waals surface area contributed by atoms with Crippen molar-refractivity contribution in [3.8, 4) is 0 Å². The van der Waals surface area contributed by atoms with Gasteiger partial charge in [-0.3, -0.25) is 0 Å². The van der Waals surface area contributed by atoms with Crippen molar-refractivity contribution in [3.05, 3.63) is 0 Å². The van der Waals surface area contributed by atoms with Gasteiger partial charge in [-0.05, 0) is 62.3 Å². The van der Waals surface area contributed by atoms with Gasteiger partial charge in [0.2, 0.25) is 0 Å². The van der Waals surface area contributed by atoms with E-state index in [1.54, 1.807) is 45.1 Å². The van der Waals surface area contributed by atoms with E-state index in [-0.39, 0.29) is 18.3 Å². The predicted octanol–water partition coefficient (Wildman–Crippen LogP) is 5.31. The minimum Gasteiger partial charge on any atom is -0.444 e. The Morgan fingerprint density at radius 3 is 1.21 bits per heavy atom. The zero-order chi connectivity index (χ0) is 29.7. The van der Waals surface area contributed by atoms with E-state index in [0.717, 1.165) is 28.1 Å². The number of carbonyl (C=O) groups is 3. The number of amides is 3. The molecule has 0 heterocycles. The predicted molar refractivity (Wildman–Crippen MR) is 166 cm³/mol. The first-order chi connectivity index (χ1) is 17.4. The van der Waals surface area contributed by atoms with Crippen molar-refractivity contribution >= 4 is 63.4 Å². The van der Waals surface area contributed by atoms with E-state index in [4.69, 9.17) is 19.9 Å². The maximum absolute atomic E-state index is 11.4. The van der Waals surface area contributed by atoms with Crippen molar-refractivity contribution < 1.29 is 28.6 Å². The van der Waals surface area contributed by atoms with Gasteiger partial charge in [-0.25, -0.2) is 14.4 Å². The highest BCUT2D eigenvalue weighted by atomic mass is 33.1. The van der Waals surface area contributed by atoms with Gasteiger partial charge in [-0.1, -0.05) is 21.6 Å². The summed E-state index contributed by atoms with van der Waals surface area (Å²) >= 11 is 3.46. The summed E-state index contributed by atoms with van der Waals surface area (Å²) in [6.07, 6.45) is -1.12. The first kappa shape index (κ1) is 39.3. The van der Waals surface area contributed by atoms with Gasteiger partial charge in [0.25, 0.3) is 0 Å². The van der Waals surface area contributed by atoms with Gasteiger partial charge >= 0.3 is 18.3 Å². The summed E-state index contributed by atoms with van der Waals surface area (Å²) in [6, 6.07) is 0. The molecule has 226 valence electrons. The third-order valence-corrected chi connectivity index (χ3v) is 7.89. The first-order valence-electron chi connectivity index (χ1n) is 12.5. The van der Waals surface area contributed by atoms with Crippen LogP contribution in [0, 0.1) is 0 Å². The standard InChI is InChI=1S/C15H30N2O4S2.C9H20N2O2S2/c1-14(2,3)20-12(18)16-7-9-22-11-23-10-8-17-13(19)21-15(4,5)6;1-9(2,3)13-8(12)11-5-7-15-14-6-4-10/h7-11H2,1-6H3,(H,16,18)(H,17,19);4-7,10H2,1-3H3,(H,11,12). The monoisotopic (exact) mass is 618 g/mol. The molecular formula is C24H50N4O6S4. The van der Waals surface area contributed by atoms with E-state index in [9.17, 15) is 14.4 Å². The Labute approximate surface area is 246 Å². The van der Waals surface area contributed by atoms with Crippen molar-refractivity contribution in [2.24, 2.45) is 5.73 Å².